The fraction of sp³-hybridized carbons (Fsp3) is 0.143. The SMILES string of the molecule is O=C(Cn1nc(COc2ccccc2)oc1=S)Nc1nccs1. The second-order valence-electron chi connectivity index (χ2n) is 4.41. The molecule has 0 aliphatic carbocycles. The van der Waals surface area contributed by atoms with Crippen molar-refractivity contribution in [2.45, 2.75) is 13.2 Å². The molecule has 118 valence electrons. The van der Waals surface area contributed by atoms with Gasteiger partial charge in [-0.15, -0.1) is 16.4 Å². The molecule has 0 aliphatic heterocycles. The van der Waals surface area contributed by atoms with Crippen molar-refractivity contribution in [1.82, 2.24) is 14.8 Å². The quantitative estimate of drug-likeness (QED) is 0.690. The molecule has 2 heterocycles. The molecule has 0 bridgehead atoms. The van der Waals surface area contributed by atoms with Gasteiger partial charge < -0.3 is 14.5 Å². The number of thiazole rings is 1. The Kier molecular flexibility index (Phi) is 4.79. The highest BCUT2D eigenvalue weighted by atomic mass is 32.1. The molecule has 0 radical (unpaired) electrons. The average Bonchev–Trinajstić information content (AvgIpc) is 3.17. The minimum atomic E-state index is -0.278. The van der Waals surface area contributed by atoms with Gasteiger partial charge in [0, 0.05) is 11.6 Å². The number of aromatic nitrogens is 3. The van der Waals surface area contributed by atoms with Crippen molar-refractivity contribution in [2.75, 3.05) is 5.32 Å². The zero-order valence-corrected chi connectivity index (χ0v) is 13.5. The summed E-state index contributed by atoms with van der Waals surface area (Å²) >= 11 is 6.39. The van der Waals surface area contributed by atoms with E-state index in [9.17, 15) is 4.79 Å². The molecule has 0 fully saturated rings. The highest BCUT2D eigenvalue weighted by molar-refractivity contribution is 7.71. The molecule has 0 saturated carbocycles. The number of para-hydroxylation sites is 1. The smallest absolute Gasteiger partial charge is 0.287 e. The Labute approximate surface area is 140 Å². The zero-order valence-electron chi connectivity index (χ0n) is 11.8. The van der Waals surface area contributed by atoms with E-state index in [1.54, 1.807) is 11.6 Å². The number of rotatable bonds is 6. The summed E-state index contributed by atoms with van der Waals surface area (Å²) < 4.78 is 12.2. The van der Waals surface area contributed by atoms with E-state index in [2.05, 4.69) is 15.4 Å². The van der Waals surface area contributed by atoms with E-state index < -0.39 is 0 Å². The van der Waals surface area contributed by atoms with Gasteiger partial charge in [0.15, 0.2) is 11.7 Å². The zero-order chi connectivity index (χ0) is 16.1. The van der Waals surface area contributed by atoms with Crippen LogP contribution in [0.4, 0.5) is 5.13 Å². The number of hydrogen-bond donors (Lipinski definition) is 1. The van der Waals surface area contributed by atoms with Crippen LogP contribution in [-0.4, -0.2) is 20.7 Å². The van der Waals surface area contributed by atoms with Gasteiger partial charge >= 0.3 is 0 Å². The maximum atomic E-state index is 11.9. The summed E-state index contributed by atoms with van der Waals surface area (Å²) in [5, 5.41) is 9.09. The van der Waals surface area contributed by atoms with Crippen LogP contribution in [0.15, 0.2) is 46.3 Å². The number of amides is 1. The van der Waals surface area contributed by atoms with Gasteiger partial charge in [0.25, 0.3) is 10.7 Å². The first-order valence-corrected chi connectivity index (χ1v) is 7.93. The van der Waals surface area contributed by atoms with Crippen molar-refractivity contribution >= 4 is 34.6 Å². The number of carbonyl (C=O) groups is 1. The first kappa shape index (κ1) is 15.4. The van der Waals surface area contributed by atoms with E-state index in [1.807, 2.05) is 30.3 Å². The summed E-state index contributed by atoms with van der Waals surface area (Å²) in [5.74, 6) is 0.727. The summed E-state index contributed by atoms with van der Waals surface area (Å²) in [6, 6.07) is 9.29. The first-order chi connectivity index (χ1) is 11.2. The summed E-state index contributed by atoms with van der Waals surface area (Å²) in [6.45, 7) is 0.0853. The summed E-state index contributed by atoms with van der Waals surface area (Å²) in [4.78, 5) is 16.0. The fourth-order valence-electron chi connectivity index (χ4n) is 1.75. The molecule has 1 N–H and O–H groups in total. The lowest BCUT2D eigenvalue weighted by molar-refractivity contribution is -0.117. The van der Waals surface area contributed by atoms with Crippen LogP contribution in [0.2, 0.25) is 0 Å². The standard InChI is InChI=1S/C14H12N4O3S2/c19-11(16-13-15-6-7-23-13)8-18-14(22)21-12(17-18)9-20-10-4-2-1-3-5-10/h1-7H,8-9H2,(H,15,16,19). The maximum Gasteiger partial charge on any atom is 0.287 e. The fourth-order valence-corrected chi connectivity index (χ4v) is 2.50. The number of carbonyl (C=O) groups excluding carboxylic acids is 1. The van der Waals surface area contributed by atoms with E-state index >= 15 is 0 Å². The third-order valence-corrected chi connectivity index (χ3v) is 3.71. The highest BCUT2D eigenvalue weighted by Crippen LogP contribution is 2.12. The third kappa shape index (κ3) is 4.24. The molecule has 1 aromatic carbocycles. The lowest BCUT2D eigenvalue weighted by Crippen LogP contribution is -2.19. The van der Waals surface area contributed by atoms with Crippen LogP contribution >= 0.6 is 23.6 Å². The molecule has 0 spiro atoms. The van der Waals surface area contributed by atoms with Crippen molar-refractivity contribution in [2.24, 2.45) is 0 Å². The van der Waals surface area contributed by atoms with Crippen molar-refractivity contribution < 1.29 is 13.9 Å². The summed E-state index contributed by atoms with van der Waals surface area (Å²) in [5.41, 5.74) is 0. The molecule has 0 saturated heterocycles. The van der Waals surface area contributed by atoms with Crippen molar-refractivity contribution in [3.63, 3.8) is 0 Å². The molecule has 2 aromatic heterocycles. The van der Waals surface area contributed by atoms with E-state index in [0.717, 1.165) is 0 Å². The van der Waals surface area contributed by atoms with Crippen LogP contribution in [0.1, 0.15) is 5.89 Å². The molecular weight excluding hydrogens is 336 g/mol. The molecule has 3 aromatic rings. The van der Waals surface area contributed by atoms with E-state index in [-0.39, 0.29) is 23.9 Å². The minimum absolute atomic E-state index is 0.0484. The molecule has 9 heteroatoms. The number of ether oxygens (including phenoxy) is 1. The Balaban J connectivity index is 1.59. The van der Waals surface area contributed by atoms with Gasteiger partial charge in [-0.1, -0.05) is 18.2 Å². The number of anilines is 1. The normalized spacial score (nSPS) is 10.4. The number of hydrogen-bond acceptors (Lipinski definition) is 7. The average molecular weight is 348 g/mol. The predicted molar refractivity (Wildman–Crippen MR) is 86.8 cm³/mol. The van der Waals surface area contributed by atoms with E-state index in [1.165, 1.54) is 16.0 Å². The largest absolute Gasteiger partial charge is 0.484 e. The Hall–Kier alpha value is -2.52. The monoisotopic (exact) mass is 348 g/mol. The molecule has 23 heavy (non-hydrogen) atoms. The number of nitrogens with zero attached hydrogens (tertiary/aromatic N) is 3. The van der Waals surface area contributed by atoms with Crippen LogP contribution in [0, 0.1) is 4.84 Å². The van der Waals surface area contributed by atoms with Gasteiger partial charge in [0.2, 0.25) is 5.91 Å². The van der Waals surface area contributed by atoms with Crippen molar-refractivity contribution in [1.29, 1.82) is 0 Å². The minimum Gasteiger partial charge on any atom is -0.484 e. The summed E-state index contributed by atoms with van der Waals surface area (Å²) in [6.07, 6.45) is 1.61. The van der Waals surface area contributed by atoms with Gasteiger partial charge in [-0.2, -0.15) is 0 Å². The number of nitrogens with one attached hydrogen (secondary N) is 1. The second-order valence-corrected chi connectivity index (χ2v) is 5.65. The molecule has 3 rings (SSSR count). The van der Waals surface area contributed by atoms with Gasteiger partial charge in [-0.05, 0) is 24.4 Å². The Morgan fingerprint density at radius 3 is 2.96 bits per heavy atom. The van der Waals surface area contributed by atoms with Crippen LogP contribution in [0.25, 0.3) is 0 Å². The van der Waals surface area contributed by atoms with Gasteiger partial charge in [-0.25, -0.2) is 9.67 Å². The maximum absolute atomic E-state index is 11.9. The third-order valence-electron chi connectivity index (χ3n) is 2.73. The van der Waals surface area contributed by atoms with E-state index in [4.69, 9.17) is 21.4 Å². The van der Waals surface area contributed by atoms with Gasteiger partial charge in [0.1, 0.15) is 12.3 Å². The Bertz CT molecular complexity index is 827. The van der Waals surface area contributed by atoms with Gasteiger partial charge in [0.05, 0.1) is 0 Å². The van der Waals surface area contributed by atoms with Crippen LogP contribution in [0.5, 0.6) is 5.75 Å². The Morgan fingerprint density at radius 2 is 2.22 bits per heavy atom. The predicted octanol–water partition coefficient (Wildman–Crippen LogP) is 2.88. The van der Waals surface area contributed by atoms with E-state index in [0.29, 0.717) is 16.8 Å². The first-order valence-electron chi connectivity index (χ1n) is 6.65. The van der Waals surface area contributed by atoms with Gasteiger partial charge in [-0.3, -0.25) is 4.79 Å². The lowest BCUT2D eigenvalue weighted by atomic mass is 10.3. The lowest BCUT2D eigenvalue weighted by Gasteiger charge is -2.02. The molecular formula is C14H12N4O3S2. The Morgan fingerprint density at radius 1 is 1.39 bits per heavy atom. The summed E-state index contributed by atoms with van der Waals surface area (Å²) in [7, 11) is 0. The number of benzene rings is 1. The molecule has 1 amide bonds. The second kappa shape index (κ2) is 7.16. The molecule has 7 nitrogen and oxygen atoms in total. The van der Waals surface area contributed by atoms with Crippen molar-refractivity contribution in [3.05, 3.63) is 52.6 Å². The van der Waals surface area contributed by atoms with Crippen molar-refractivity contribution in [3.8, 4) is 5.75 Å². The van der Waals surface area contributed by atoms with Crippen LogP contribution < -0.4 is 10.1 Å². The van der Waals surface area contributed by atoms with Crippen LogP contribution in [0.3, 0.4) is 0 Å². The molecule has 0 aliphatic rings. The molecule has 0 unspecified atom stereocenters. The highest BCUT2D eigenvalue weighted by Gasteiger charge is 2.11. The topological polar surface area (TPSA) is 82.2 Å². The van der Waals surface area contributed by atoms with Crippen LogP contribution in [-0.2, 0) is 17.9 Å². The molecule has 0 atom stereocenters.